The Morgan fingerprint density at radius 1 is 1.57 bits per heavy atom. The second-order valence-corrected chi connectivity index (χ2v) is 5.74. The largest absolute Gasteiger partial charge is 0.505 e. The summed E-state index contributed by atoms with van der Waals surface area (Å²) in [6.07, 6.45) is 2.92. The summed E-state index contributed by atoms with van der Waals surface area (Å²) in [7, 11) is 0. The third-order valence-electron chi connectivity index (χ3n) is 3.94. The van der Waals surface area contributed by atoms with E-state index in [1.807, 2.05) is 6.92 Å². The van der Waals surface area contributed by atoms with Gasteiger partial charge in [-0.2, -0.15) is 0 Å². The van der Waals surface area contributed by atoms with E-state index in [1.54, 1.807) is 0 Å². The van der Waals surface area contributed by atoms with Gasteiger partial charge in [0.25, 0.3) is 5.69 Å². The van der Waals surface area contributed by atoms with E-state index in [9.17, 15) is 20.0 Å². The Labute approximate surface area is 122 Å². The Balaban J connectivity index is 2.26. The molecule has 0 bridgehead atoms. The van der Waals surface area contributed by atoms with Crippen LogP contribution in [0.2, 0.25) is 0 Å². The zero-order valence-corrected chi connectivity index (χ0v) is 11.8. The number of phenols is 1. The molecule has 0 saturated heterocycles. The summed E-state index contributed by atoms with van der Waals surface area (Å²) in [5.41, 5.74) is 4.56. The van der Waals surface area contributed by atoms with Gasteiger partial charge in [-0.25, -0.2) is 0 Å². The van der Waals surface area contributed by atoms with Crippen LogP contribution in [-0.2, 0) is 4.79 Å². The lowest BCUT2D eigenvalue weighted by Crippen LogP contribution is -2.53. The minimum Gasteiger partial charge on any atom is -0.505 e. The van der Waals surface area contributed by atoms with E-state index < -0.39 is 16.4 Å². The lowest BCUT2D eigenvalue weighted by molar-refractivity contribution is -0.384. The maximum absolute atomic E-state index is 12.4. The molecule has 1 aromatic rings. The Morgan fingerprint density at radius 2 is 2.29 bits per heavy atom. The van der Waals surface area contributed by atoms with Crippen molar-refractivity contribution in [1.82, 2.24) is 0 Å². The van der Waals surface area contributed by atoms with Gasteiger partial charge in [0.1, 0.15) is 5.75 Å². The number of amides is 1. The van der Waals surface area contributed by atoms with Crippen molar-refractivity contribution in [2.24, 2.45) is 11.7 Å². The molecule has 0 radical (unpaired) electrons. The highest BCUT2D eigenvalue weighted by molar-refractivity contribution is 6.00. The van der Waals surface area contributed by atoms with Gasteiger partial charge >= 0.3 is 0 Å². The van der Waals surface area contributed by atoms with Crippen LogP contribution in [-0.4, -0.2) is 21.5 Å². The molecule has 1 fully saturated rings. The fourth-order valence-corrected chi connectivity index (χ4v) is 2.84. The molecule has 1 aliphatic carbocycles. The molecule has 2 rings (SSSR count). The smallest absolute Gasteiger partial charge is 0.296 e. The van der Waals surface area contributed by atoms with E-state index in [1.165, 1.54) is 18.2 Å². The van der Waals surface area contributed by atoms with Gasteiger partial charge in [0, 0.05) is 6.07 Å². The monoisotopic (exact) mass is 293 g/mol. The van der Waals surface area contributed by atoms with Crippen molar-refractivity contribution >= 4 is 17.3 Å². The van der Waals surface area contributed by atoms with Crippen molar-refractivity contribution in [1.29, 1.82) is 0 Å². The number of nitro groups is 1. The first-order valence-electron chi connectivity index (χ1n) is 6.90. The molecular weight excluding hydrogens is 274 g/mol. The first-order valence-corrected chi connectivity index (χ1v) is 6.90. The van der Waals surface area contributed by atoms with Crippen molar-refractivity contribution in [2.45, 2.75) is 38.1 Å². The zero-order valence-electron chi connectivity index (χ0n) is 11.8. The fourth-order valence-electron chi connectivity index (χ4n) is 2.84. The number of hydrogen-bond donors (Lipinski definition) is 3. The number of nitrogens with zero attached hydrogens (tertiary/aromatic N) is 1. The SMILES string of the molecule is CC1CCCC(N)(C(=O)Nc2c(O)cccc2[N+](=O)[O-])C1. The van der Waals surface area contributed by atoms with Crippen LogP contribution in [0.3, 0.4) is 0 Å². The Morgan fingerprint density at radius 3 is 2.90 bits per heavy atom. The van der Waals surface area contributed by atoms with Crippen LogP contribution < -0.4 is 11.1 Å². The minimum absolute atomic E-state index is 0.199. The first-order chi connectivity index (χ1) is 9.83. The number of hydrogen-bond acceptors (Lipinski definition) is 5. The number of carbonyl (C=O) groups is 1. The normalized spacial score (nSPS) is 25.3. The quantitative estimate of drug-likeness (QED) is 0.448. The number of benzene rings is 1. The standard InChI is InChI=1S/C14H19N3O4/c1-9-4-3-7-14(15,8-9)13(19)16-12-10(17(20)21)5-2-6-11(12)18/h2,5-6,9,18H,3-4,7-8,15H2,1H3,(H,16,19). The van der Waals surface area contributed by atoms with Crippen molar-refractivity contribution in [2.75, 3.05) is 5.32 Å². The van der Waals surface area contributed by atoms with Crippen LogP contribution >= 0.6 is 0 Å². The number of nitrogens with two attached hydrogens (primary N) is 1. The Hall–Kier alpha value is -2.15. The van der Waals surface area contributed by atoms with Gasteiger partial charge in [-0.1, -0.05) is 25.8 Å². The number of aromatic hydroxyl groups is 1. The van der Waals surface area contributed by atoms with Crippen LogP contribution in [0.15, 0.2) is 18.2 Å². The van der Waals surface area contributed by atoms with Crippen LogP contribution in [0.25, 0.3) is 0 Å². The molecule has 0 aliphatic heterocycles. The molecule has 1 aromatic carbocycles. The van der Waals surface area contributed by atoms with Gasteiger partial charge in [0.05, 0.1) is 10.5 Å². The zero-order chi connectivity index (χ0) is 15.6. The Bertz CT molecular complexity index is 575. The molecule has 0 heterocycles. The van der Waals surface area contributed by atoms with E-state index >= 15 is 0 Å². The molecule has 1 amide bonds. The maximum Gasteiger partial charge on any atom is 0.296 e. The van der Waals surface area contributed by atoms with Crippen LogP contribution in [0, 0.1) is 16.0 Å². The van der Waals surface area contributed by atoms with E-state index in [-0.39, 0.29) is 17.1 Å². The summed E-state index contributed by atoms with van der Waals surface area (Å²) in [4.78, 5) is 22.7. The number of rotatable bonds is 3. The molecule has 1 saturated carbocycles. The predicted molar refractivity (Wildman–Crippen MR) is 77.9 cm³/mol. The summed E-state index contributed by atoms with van der Waals surface area (Å²) in [6.45, 7) is 2.02. The van der Waals surface area contributed by atoms with E-state index in [4.69, 9.17) is 5.73 Å². The lowest BCUT2D eigenvalue weighted by Gasteiger charge is -2.35. The van der Waals surface area contributed by atoms with Crippen molar-refractivity contribution in [3.63, 3.8) is 0 Å². The summed E-state index contributed by atoms with van der Waals surface area (Å²) in [5, 5.41) is 23.2. The molecule has 1 aliphatic rings. The Kier molecular flexibility index (Phi) is 4.13. The summed E-state index contributed by atoms with van der Waals surface area (Å²) < 4.78 is 0. The number of nitro benzene ring substituents is 1. The average Bonchev–Trinajstić information content (AvgIpc) is 2.40. The average molecular weight is 293 g/mol. The van der Waals surface area contributed by atoms with Gasteiger partial charge < -0.3 is 16.2 Å². The number of para-hydroxylation sites is 1. The maximum atomic E-state index is 12.4. The number of anilines is 1. The van der Waals surface area contributed by atoms with Crippen molar-refractivity contribution < 1.29 is 14.8 Å². The minimum atomic E-state index is -1.05. The second-order valence-electron chi connectivity index (χ2n) is 5.74. The van der Waals surface area contributed by atoms with E-state index in [0.29, 0.717) is 18.8 Å². The number of carbonyl (C=O) groups excluding carboxylic acids is 1. The van der Waals surface area contributed by atoms with Gasteiger partial charge in [-0.15, -0.1) is 0 Å². The lowest BCUT2D eigenvalue weighted by atomic mass is 9.76. The van der Waals surface area contributed by atoms with Crippen LogP contribution in [0.1, 0.15) is 32.6 Å². The molecule has 2 atom stereocenters. The molecule has 4 N–H and O–H groups in total. The molecule has 114 valence electrons. The highest BCUT2D eigenvalue weighted by Crippen LogP contribution is 2.36. The summed E-state index contributed by atoms with van der Waals surface area (Å²) >= 11 is 0. The molecule has 0 aromatic heterocycles. The fraction of sp³-hybridized carbons (Fsp3) is 0.500. The summed E-state index contributed by atoms with van der Waals surface area (Å²) in [5.74, 6) is -0.502. The molecule has 2 unspecified atom stereocenters. The van der Waals surface area contributed by atoms with E-state index in [2.05, 4.69) is 5.32 Å². The molecule has 7 nitrogen and oxygen atoms in total. The van der Waals surface area contributed by atoms with Crippen LogP contribution in [0.5, 0.6) is 5.75 Å². The van der Waals surface area contributed by atoms with Crippen molar-refractivity contribution in [3.05, 3.63) is 28.3 Å². The second kappa shape index (κ2) is 5.69. The summed E-state index contributed by atoms with van der Waals surface area (Å²) in [6, 6.07) is 3.86. The third kappa shape index (κ3) is 3.13. The highest BCUT2D eigenvalue weighted by atomic mass is 16.6. The van der Waals surface area contributed by atoms with Gasteiger partial charge in [0.2, 0.25) is 5.91 Å². The first kappa shape index (κ1) is 15.2. The highest BCUT2D eigenvalue weighted by Gasteiger charge is 2.39. The molecule has 7 heteroatoms. The van der Waals surface area contributed by atoms with Gasteiger partial charge in [0.15, 0.2) is 5.69 Å². The van der Waals surface area contributed by atoms with E-state index in [0.717, 1.165) is 12.8 Å². The third-order valence-corrected chi connectivity index (χ3v) is 3.94. The topological polar surface area (TPSA) is 118 Å². The van der Waals surface area contributed by atoms with Gasteiger partial charge in [-0.05, 0) is 24.8 Å². The number of nitrogens with one attached hydrogen (secondary N) is 1. The predicted octanol–water partition coefficient (Wildman–Crippen LogP) is 2.15. The molecule has 0 spiro atoms. The molecule has 21 heavy (non-hydrogen) atoms. The molecular formula is C14H19N3O4. The van der Waals surface area contributed by atoms with Crippen LogP contribution in [0.4, 0.5) is 11.4 Å². The van der Waals surface area contributed by atoms with Crippen molar-refractivity contribution in [3.8, 4) is 5.75 Å². The van der Waals surface area contributed by atoms with Gasteiger partial charge in [-0.3, -0.25) is 14.9 Å². The number of phenolic OH excluding ortho intramolecular Hbond substituents is 1.